The summed E-state index contributed by atoms with van der Waals surface area (Å²) in [7, 11) is 2.00. The molecule has 0 aromatic rings. The van der Waals surface area contributed by atoms with Gasteiger partial charge in [-0.25, -0.2) is 0 Å². The Labute approximate surface area is 86.8 Å². The van der Waals surface area contributed by atoms with Crippen molar-refractivity contribution < 1.29 is 0 Å². The molecule has 0 aromatic heterocycles. The molecule has 0 fully saturated rings. The van der Waals surface area contributed by atoms with E-state index in [0.717, 1.165) is 17.7 Å². The minimum Gasteiger partial charge on any atom is -0.313 e. The molecule has 78 valence electrons. The van der Waals surface area contributed by atoms with Crippen molar-refractivity contribution in [3.63, 3.8) is 0 Å². The van der Waals surface area contributed by atoms with Gasteiger partial charge in [0, 0.05) is 12.3 Å². The predicted octanol–water partition coefficient (Wildman–Crippen LogP) is 2.54. The Bertz CT molecular complexity index is 263. The van der Waals surface area contributed by atoms with Gasteiger partial charge in [-0.05, 0) is 44.4 Å². The minimum atomic E-state index is 0.424. The van der Waals surface area contributed by atoms with Crippen LogP contribution in [0.4, 0.5) is 0 Å². The number of likely N-dealkylation sites (N-methyl/N-ethyl adjacent to an activating group) is 1. The van der Waals surface area contributed by atoms with Crippen LogP contribution in [0.15, 0.2) is 28.9 Å². The molecule has 1 N–H and O–H groups in total. The van der Waals surface area contributed by atoms with Gasteiger partial charge in [-0.2, -0.15) is 0 Å². The fourth-order valence-corrected chi connectivity index (χ4v) is 1.80. The molecule has 0 aliphatic heterocycles. The van der Waals surface area contributed by atoms with Crippen LogP contribution in [0.25, 0.3) is 0 Å². The van der Waals surface area contributed by atoms with Gasteiger partial charge in [-0.1, -0.05) is 13.5 Å². The predicted molar refractivity (Wildman–Crippen MR) is 62.6 cm³/mol. The lowest BCUT2D eigenvalue weighted by Crippen LogP contribution is -2.29. The minimum absolute atomic E-state index is 0.424. The van der Waals surface area contributed by atoms with Crippen molar-refractivity contribution in [2.75, 3.05) is 7.05 Å². The normalized spacial score (nSPS) is 29.1. The smallest absolute Gasteiger partial charge is 0.0627 e. The quantitative estimate of drug-likeness (QED) is 0.668. The van der Waals surface area contributed by atoms with Crippen LogP contribution in [-0.2, 0) is 0 Å². The van der Waals surface area contributed by atoms with Crippen molar-refractivity contribution in [1.29, 1.82) is 0 Å². The number of nitrogens with one attached hydrogen (secondary N) is 1. The van der Waals surface area contributed by atoms with Crippen LogP contribution in [0, 0.1) is 5.92 Å². The number of hydrogen-bond acceptors (Lipinski definition) is 2. The molecular formula is C12H20N2. The van der Waals surface area contributed by atoms with E-state index in [0.29, 0.717) is 12.0 Å². The molecule has 0 heterocycles. The van der Waals surface area contributed by atoms with Gasteiger partial charge in [0.15, 0.2) is 0 Å². The fourth-order valence-electron chi connectivity index (χ4n) is 1.80. The summed E-state index contributed by atoms with van der Waals surface area (Å²) in [6.45, 7) is 8.28. The number of rotatable bonds is 2. The van der Waals surface area contributed by atoms with E-state index in [4.69, 9.17) is 0 Å². The van der Waals surface area contributed by atoms with Crippen molar-refractivity contribution in [3.05, 3.63) is 23.9 Å². The van der Waals surface area contributed by atoms with Crippen LogP contribution < -0.4 is 5.32 Å². The Kier molecular flexibility index (Phi) is 4.08. The zero-order valence-electron chi connectivity index (χ0n) is 9.38. The molecule has 0 spiro atoms. The second-order valence-corrected chi connectivity index (χ2v) is 3.87. The number of allylic oxidation sites excluding steroid dienone is 1. The van der Waals surface area contributed by atoms with Gasteiger partial charge in [0.2, 0.25) is 0 Å². The summed E-state index contributed by atoms with van der Waals surface area (Å²) in [4.78, 5) is 4.35. The fraction of sp³-hybridized carbons (Fsp3) is 0.583. The van der Waals surface area contributed by atoms with E-state index in [2.05, 4.69) is 29.9 Å². The van der Waals surface area contributed by atoms with E-state index in [-0.39, 0.29) is 0 Å². The monoisotopic (exact) mass is 192 g/mol. The first kappa shape index (κ1) is 11.2. The van der Waals surface area contributed by atoms with Crippen LogP contribution >= 0.6 is 0 Å². The molecule has 0 amide bonds. The van der Waals surface area contributed by atoms with Gasteiger partial charge >= 0.3 is 0 Å². The molecule has 1 aliphatic carbocycles. The topological polar surface area (TPSA) is 24.4 Å². The lowest BCUT2D eigenvalue weighted by molar-refractivity contribution is 0.440. The maximum atomic E-state index is 4.35. The zero-order valence-corrected chi connectivity index (χ0v) is 9.38. The van der Waals surface area contributed by atoms with E-state index in [9.17, 15) is 0 Å². The van der Waals surface area contributed by atoms with Gasteiger partial charge in [0.1, 0.15) is 0 Å². The summed E-state index contributed by atoms with van der Waals surface area (Å²) in [5, 5.41) is 3.31. The SMILES string of the molecule is C=C1CCC(C)C(NC)C=C1/N=C\C. The van der Waals surface area contributed by atoms with E-state index in [1.54, 1.807) is 0 Å². The van der Waals surface area contributed by atoms with Gasteiger partial charge in [-0.3, -0.25) is 4.99 Å². The summed E-state index contributed by atoms with van der Waals surface area (Å²) in [5.74, 6) is 0.654. The van der Waals surface area contributed by atoms with E-state index in [1.165, 1.54) is 6.42 Å². The summed E-state index contributed by atoms with van der Waals surface area (Å²) < 4.78 is 0. The lowest BCUT2D eigenvalue weighted by Gasteiger charge is -2.17. The summed E-state index contributed by atoms with van der Waals surface area (Å²) >= 11 is 0. The first-order valence-electron chi connectivity index (χ1n) is 5.25. The van der Waals surface area contributed by atoms with Crippen molar-refractivity contribution in [2.45, 2.75) is 32.7 Å². The Morgan fingerprint density at radius 2 is 2.36 bits per heavy atom. The van der Waals surface area contributed by atoms with Crippen LogP contribution in [0.2, 0.25) is 0 Å². The second kappa shape index (κ2) is 5.11. The maximum Gasteiger partial charge on any atom is 0.0627 e. The van der Waals surface area contributed by atoms with E-state index >= 15 is 0 Å². The van der Waals surface area contributed by atoms with E-state index in [1.807, 2.05) is 20.2 Å². The zero-order chi connectivity index (χ0) is 10.6. The van der Waals surface area contributed by atoms with Crippen LogP contribution in [-0.4, -0.2) is 19.3 Å². The van der Waals surface area contributed by atoms with E-state index < -0.39 is 0 Å². The standard InChI is InChI=1S/C12H20N2/c1-5-14-12-8-11(13-4)9(2)6-7-10(12)3/h5,8-9,11,13H,3,6-7H2,1-2,4H3/b14-5-. The maximum absolute atomic E-state index is 4.35. The Balaban J connectivity index is 2.91. The highest BCUT2D eigenvalue weighted by atomic mass is 14.9. The van der Waals surface area contributed by atoms with Crippen LogP contribution in [0.3, 0.4) is 0 Å². The third-order valence-corrected chi connectivity index (χ3v) is 2.82. The second-order valence-electron chi connectivity index (χ2n) is 3.87. The van der Waals surface area contributed by atoms with Crippen LogP contribution in [0.5, 0.6) is 0 Å². The molecular weight excluding hydrogens is 172 g/mol. The Morgan fingerprint density at radius 3 is 2.93 bits per heavy atom. The highest BCUT2D eigenvalue weighted by Crippen LogP contribution is 2.26. The van der Waals surface area contributed by atoms with Gasteiger partial charge in [0.05, 0.1) is 5.70 Å². The molecule has 1 rings (SSSR count). The van der Waals surface area contributed by atoms with Crippen molar-refractivity contribution >= 4 is 6.21 Å². The number of aliphatic imine (C=N–C) groups is 1. The number of nitrogens with zero attached hydrogens (tertiary/aromatic N) is 1. The molecule has 2 heteroatoms. The highest BCUT2D eigenvalue weighted by Gasteiger charge is 2.18. The summed E-state index contributed by atoms with van der Waals surface area (Å²) in [6, 6.07) is 0.424. The van der Waals surface area contributed by atoms with Crippen LogP contribution in [0.1, 0.15) is 26.7 Å². The van der Waals surface area contributed by atoms with Gasteiger partial charge in [-0.15, -0.1) is 0 Å². The molecule has 14 heavy (non-hydrogen) atoms. The molecule has 2 atom stereocenters. The van der Waals surface area contributed by atoms with Crippen molar-refractivity contribution in [3.8, 4) is 0 Å². The first-order chi connectivity index (χ1) is 6.69. The Morgan fingerprint density at radius 1 is 1.64 bits per heavy atom. The Hall–Kier alpha value is -0.890. The average Bonchev–Trinajstić information content (AvgIpc) is 2.31. The lowest BCUT2D eigenvalue weighted by atomic mass is 9.98. The van der Waals surface area contributed by atoms with Gasteiger partial charge in [0.25, 0.3) is 0 Å². The first-order valence-corrected chi connectivity index (χ1v) is 5.25. The molecule has 0 aromatic carbocycles. The molecule has 1 aliphatic rings. The third kappa shape index (κ3) is 2.55. The summed E-state index contributed by atoms with van der Waals surface area (Å²) in [5.41, 5.74) is 2.21. The molecule has 0 bridgehead atoms. The average molecular weight is 192 g/mol. The third-order valence-electron chi connectivity index (χ3n) is 2.82. The van der Waals surface area contributed by atoms with Crippen molar-refractivity contribution in [1.82, 2.24) is 5.32 Å². The molecule has 2 unspecified atom stereocenters. The molecule has 0 saturated heterocycles. The van der Waals surface area contributed by atoms with Crippen molar-refractivity contribution in [2.24, 2.45) is 10.9 Å². The number of hydrogen-bond donors (Lipinski definition) is 1. The molecule has 0 radical (unpaired) electrons. The van der Waals surface area contributed by atoms with Gasteiger partial charge < -0.3 is 5.32 Å². The molecule has 2 nitrogen and oxygen atoms in total. The molecule has 0 saturated carbocycles. The largest absolute Gasteiger partial charge is 0.313 e. The summed E-state index contributed by atoms with van der Waals surface area (Å²) in [6.07, 6.45) is 6.27. The highest BCUT2D eigenvalue weighted by molar-refractivity contribution is 5.57.